The molecular weight excluding hydrogens is 447 g/mol. The first-order chi connectivity index (χ1) is 14.8. The molecule has 0 amide bonds. The van der Waals surface area contributed by atoms with Crippen LogP contribution in [-0.2, 0) is 0 Å². The largest absolute Gasteiger partial charge is 0.460 e. The lowest BCUT2D eigenvalue weighted by Gasteiger charge is -2.38. The zero-order valence-electron chi connectivity index (χ0n) is 18.6. The summed E-state index contributed by atoms with van der Waals surface area (Å²) in [5.41, 5.74) is 0. The summed E-state index contributed by atoms with van der Waals surface area (Å²) in [5, 5.41) is 0. The van der Waals surface area contributed by atoms with Gasteiger partial charge in [0.05, 0.1) is 0 Å². The predicted octanol–water partition coefficient (Wildman–Crippen LogP) is 9.43. The maximum atomic E-state index is 14.4. The summed E-state index contributed by atoms with van der Waals surface area (Å²) in [6, 6.07) is 0. The molecule has 0 aliphatic heterocycles. The summed E-state index contributed by atoms with van der Waals surface area (Å²) in [4.78, 5) is 0. The van der Waals surface area contributed by atoms with Crippen molar-refractivity contribution in [3.8, 4) is 0 Å². The standard InChI is InChI=1S/C23H35F9/c1-2-7-19(20(24,25)21(26,27)22(28,29)23(30,31)32)11-6-8-16-12-14-18(15-13-16)17-9-4-3-5-10-17/h16-19H,2-15H2,1H3. The van der Waals surface area contributed by atoms with Gasteiger partial charge in [-0.3, -0.25) is 0 Å². The Bertz CT molecular complexity index is 556. The van der Waals surface area contributed by atoms with Gasteiger partial charge in [0.25, 0.3) is 0 Å². The van der Waals surface area contributed by atoms with Crippen molar-refractivity contribution in [1.29, 1.82) is 0 Å². The molecule has 2 aliphatic rings. The summed E-state index contributed by atoms with van der Waals surface area (Å²) in [7, 11) is 0. The molecule has 0 bridgehead atoms. The third-order valence-electron chi connectivity index (χ3n) is 7.69. The Morgan fingerprint density at radius 2 is 1.19 bits per heavy atom. The molecule has 2 fully saturated rings. The maximum absolute atomic E-state index is 14.4. The highest BCUT2D eigenvalue weighted by Gasteiger charge is 2.82. The normalized spacial score (nSPS) is 25.7. The number of rotatable bonds is 10. The van der Waals surface area contributed by atoms with Gasteiger partial charge in [-0.05, 0) is 43.4 Å². The van der Waals surface area contributed by atoms with E-state index in [1.54, 1.807) is 0 Å². The molecular formula is C23H35F9. The molecule has 0 heterocycles. The zero-order valence-corrected chi connectivity index (χ0v) is 18.6. The summed E-state index contributed by atoms with van der Waals surface area (Å²) in [5.74, 6) is -19.3. The Labute approximate surface area is 184 Å². The zero-order chi connectivity index (χ0) is 24.2. The second-order valence-electron chi connectivity index (χ2n) is 9.86. The lowest BCUT2D eigenvalue weighted by Crippen LogP contribution is -2.63. The molecule has 0 saturated heterocycles. The fraction of sp³-hybridized carbons (Fsp3) is 1.00. The summed E-state index contributed by atoms with van der Waals surface area (Å²) < 4.78 is 120. The summed E-state index contributed by atoms with van der Waals surface area (Å²) >= 11 is 0. The van der Waals surface area contributed by atoms with Crippen molar-refractivity contribution < 1.29 is 39.5 Å². The van der Waals surface area contributed by atoms with E-state index < -0.39 is 42.7 Å². The molecule has 0 radical (unpaired) electrons. The van der Waals surface area contributed by atoms with Crippen molar-refractivity contribution in [3.63, 3.8) is 0 Å². The summed E-state index contributed by atoms with van der Waals surface area (Å²) in [6.07, 6.45) is 3.10. The highest BCUT2D eigenvalue weighted by atomic mass is 19.4. The van der Waals surface area contributed by atoms with Crippen LogP contribution in [0.25, 0.3) is 0 Å². The first-order valence-electron chi connectivity index (χ1n) is 12.0. The van der Waals surface area contributed by atoms with Crippen LogP contribution in [0.15, 0.2) is 0 Å². The molecule has 0 aromatic carbocycles. The molecule has 9 heteroatoms. The smallest absolute Gasteiger partial charge is 0.199 e. The van der Waals surface area contributed by atoms with E-state index >= 15 is 0 Å². The van der Waals surface area contributed by atoms with Crippen molar-refractivity contribution in [2.75, 3.05) is 0 Å². The fourth-order valence-corrected chi connectivity index (χ4v) is 5.71. The van der Waals surface area contributed by atoms with Gasteiger partial charge in [-0.25, -0.2) is 0 Å². The number of halogens is 9. The molecule has 0 spiro atoms. The minimum atomic E-state index is -6.80. The van der Waals surface area contributed by atoms with Crippen LogP contribution in [0.3, 0.4) is 0 Å². The molecule has 32 heavy (non-hydrogen) atoms. The topological polar surface area (TPSA) is 0 Å². The maximum Gasteiger partial charge on any atom is 0.460 e. The molecule has 2 aliphatic carbocycles. The van der Waals surface area contributed by atoms with E-state index in [-0.39, 0.29) is 18.8 Å². The van der Waals surface area contributed by atoms with Crippen LogP contribution in [0.4, 0.5) is 39.5 Å². The van der Waals surface area contributed by atoms with Gasteiger partial charge in [0.15, 0.2) is 0 Å². The van der Waals surface area contributed by atoms with Crippen molar-refractivity contribution >= 4 is 0 Å². The van der Waals surface area contributed by atoms with Gasteiger partial charge >= 0.3 is 23.9 Å². The highest BCUT2D eigenvalue weighted by molar-refractivity contribution is 5.02. The lowest BCUT2D eigenvalue weighted by atomic mass is 9.70. The first-order valence-corrected chi connectivity index (χ1v) is 12.0. The number of hydrogen-bond acceptors (Lipinski definition) is 0. The fourth-order valence-electron chi connectivity index (χ4n) is 5.71. The van der Waals surface area contributed by atoms with E-state index in [9.17, 15) is 39.5 Å². The van der Waals surface area contributed by atoms with Gasteiger partial charge in [-0.2, -0.15) is 39.5 Å². The van der Waals surface area contributed by atoms with Crippen LogP contribution in [0.2, 0.25) is 0 Å². The van der Waals surface area contributed by atoms with Crippen molar-refractivity contribution in [3.05, 3.63) is 0 Å². The molecule has 2 saturated carbocycles. The van der Waals surface area contributed by atoms with Crippen molar-refractivity contribution in [2.24, 2.45) is 23.7 Å². The van der Waals surface area contributed by atoms with Gasteiger partial charge in [-0.15, -0.1) is 0 Å². The molecule has 0 aromatic rings. The molecule has 0 nitrogen and oxygen atoms in total. The van der Waals surface area contributed by atoms with Crippen LogP contribution in [0.5, 0.6) is 0 Å². The Morgan fingerprint density at radius 3 is 1.69 bits per heavy atom. The van der Waals surface area contributed by atoms with E-state index in [1.165, 1.54) is 39.0 Å². The average Bonchev–Trinajstić information content (AvgIpc) is 2.73. The Hall–Kier alpha value is -0.630. The van der Waals surface area contributed by atoms with Crippen molar-refractivity contribution in [1.82, 2.24) is 0 Å². The molecule has 190 valence electrons. The van der Waals surface area contributed by atoms with Gasteiger partial charge < -0.3 is 0 Å². The minimum Gasteiger partial charge on any atom is -0.199 e. The van der Waals surface area contributed by atoms with E-state index in [0.717, 1.165) is 31.6 Å². The molecule has 0 N–H and O–H groups in total. The van der Waals surface area contributed by atoms with E-state index in [1.807, 2.05) is 0 Å². The van der Waals surface area contributed by atoms with Gasteiger partial charge in [0, 0.05) is 5.92 Å². The second-order valence-corrected chi connectivity index (χ2v) is 9.86. The molecule has 0 aromatic heterocycles. The second kappa shape index (κ2) is 10.7. The van der Waals surface area contributed by atoms with E-state index in [4.69, 9.17) is 0 Å². The Kier molecular flexibility index (Phi) is 9.27. The van der Waals surface area contributed by atoms with E-state index in [2.05, 4.69) is 0 Å². The van der Waals surface area contributed by atoms with Crippen LogP contribution in [0, 0.1) is 23.7 Å². The number of alkyl halides is 9. The van der Waals surface area contributed by atoms with Crippen LogP contribution >= 0.6 is 0 Å². The van der Waals surface area contributed by atoms with Crippen molar-refractivity contribution in [2.45, 2.75) is 121 Å². The van der Waals surface area contributed by atoms with Gasteiger partial charge in [0.2, 0.25) is 0 Å². The van der Waals surface area contributed by atoms with Gasteiger partial charge in [0.1, 0.15) is 0 Å². The summed E-state index contributed by atoms with van der Waals surface area (Å²) in [6.45, 7) is 1.41. The SMILES string of the molecule is CCCC(CCCC1CCC(C2CCCCC2)CC1)C(F)(F)C(F)(F)C(F)(F)C(F)(F)F. The Balaban J connectivity index is 1.91. The molecule has 1 unspecified atom stereocenters. The minimum absolute atomic E-state index is 0.0135. The van der Waals surface area contributed by atoms with Crippen LogP contribution in [-0.4, -0.2) is 23.9 Å². The van der Waals surface area contributed by atoms with Gasteiger partial charge in [-0.1, -0.05) is 71.1 Å². The monoisotopic (exact) mass is 482 g/mol. The molecule has 2 rings (SSSR count). The lowest BCUT2D eigenvalue weighted by molar-refractivity contribution is -0.403. The van der Waals surface area contributed by atoms with Crippen LogP contribution in [0.1, 0.15) is 96.8 Å². The van der Waals surface area contributed by atoms with E-state index in [0.29, 0.717) is 12.3 Å². The third kappa shape index (κ3) is 5.89. The Morgan fingerprint density at radius 1 is 0.656 bits per heavy atom. The third-order valence-corrected chi connectivity index (χ3v) is 7.69. The quantitative estimate of drug-likeness (QED) is 0.272. The first kappa shape index (κ1) is 27.6. The highest BCUT2D eigenvalue weighted by Crippen LogP contribution is 2.56. The molecule has 1 atom stereocenters. The van der Waals surface area contributed by atoms with Crippen LogP contribution < -0.4 is 0 Å². The average molecular weight is 483 g/mol. The predicted molar refractivity (Wildman–Crippen MR) is 105 cm³/mol. The number of hydrogen-bond donors (Lipinski definition) is 0.